The molecule has 8 heteroatoms. The number of nitrogens with zero attached hydrogens (tertiary/aromatic N) is 1. The van der Waals surface area contributed by atoms with Crippen LogP contribution in [0.3, 0.4) is 0 Å². The van der Waals surface area contributed by atoms with Gasteiger partial charge in [0, 0.05) is 10.8 Å². The largest absolute Gasteiger partial charge is 0.273 e. The second-order valence-corrected chi connectivity index (χ2v) is 7.89. The number of amides is 1. The number of carbonyl (C=O) groups excluding carboxylic acids is 1. The normalized spacial score (nSPS) is 10.8. The lowest BCUT2D eigenvalue weighted by atomic mass is 10.2. The van der Waals surface area contributed by atoms with Gasteiger partial charge in [-0.1, -0.05) is 29.8 Å². The molecule has 0 fully saturated rings. The number of hydrogen-bond donors (Lipinski definition) is 1. The average Bonchev–Trinajstić information content (AvgIpc) is 2.55. The van der Waals surface area contributed by atoms with Crippen molar-refractivity contribution in [2.24, 2.45) is 0 Å². The zero-order chi connectivity index (χ0) is 17.6. The fourth-order valence-corrected chi connectivity index (χ4v) is 3.97. The van der Waals surface area contributed by atoms with Crippen molar-refractivity contribution in [1.82, 2.24) is 4.72 Å². The average molecular weight is 381 g/mol. The molecule has 1 N–H and O–H groups in total. The molecule has 0 saturated heterocycles. The summed E-state index contributed by atoms with van der Waals surface area (Å²) in [6, 6.07) is 14.7. The minimum atomic E-state index is -3.92. The molecule has 0 radical (unpaired) electrons. The Morgan fingerprint density at radius 2 is 1.92 bits per heavy atom. The molecule has 2 aromatic rings. The summed E-state index contributed by atoms with van der Waals surface area (Å²) < 4.78 is 26.2. The van der Waals surface area contributed by atoms with Crippen LogP contribution in [0.1, 0.15) is 11.1 Å². The number of nitrogens with one attached hydrogen (secondary N) is 1. The maximum atomic E-state index is 12.1. The zero-order valence-electron chi connectivity index (χ0n) is 12.4. The first-order valence-electron chi connectivity index (χ1n) is 6.79. The number of benzene rings is 2. The SMILES string of the molecule is N#Cc1ccc(CSCC(=O)NS(=O)(=O)c2cccc(Cl)c2)cc1. The number of carbonyl (C=O) groups is 1. The Labute approximate surface area is 149 Å². The highest BCUT2D eigenvalue weighted by atomic mass is 35.5. The van der Waals surface area contributed by atoms with Gasteiger partial charge in [-0.05, 0) is 35.9 Å². The molecule has 24 heavy (non-hydrogen) atoms. The summed E-state index contributed by atoms with van der Waals surface area (Å²) in [7, 11) is -3.92. The lowest BCUT2D eigenvalue weighted by molar-refractivity contribution is -0.116. The van der Waals surface area contributed by atoms with Crippen molar-refractivity contribution in [1.29, 1.82) is 5.26 Å². The monoisotopic (exact) mass is 380 g/mol. The minimum absolute atomic E-state index is 0.000201. The van der Waals surface area contributed by atoms with Gasteiger partial charge in [0.25, 0.3) is 10.0 Å². The van der Waals surface area contributed by atoms with Gasteiger partial charge in [-0.2, -0.15) is 5.26 Å². The van der Waals surface area contributed by atoms with Gasteiger partial charge in [0.05, 0.1) is 22.3 Å². The Morgan fingerprint density at radius 3 is 2.54 bits per heavy atom. The van der Waals surface area contributed by atoms with Crippen molar-refractivity contribution in [3.63, 3.8) is 0 Å². The molecule has 0 aromatic heterocycles. The van der Waals surface area contributed by atoms with Gasteiger partial charge >= 0.3 is 0 Å². The second kappa shape index (κ2) is 8.20. The summed E-state index contributed by atoms with van der Waals surface area (Å²) in [4.78, 5) is 11.8. The van der Waals surface area contributed by atoms with Crippen molar-refractivity contribution in [3.05, 3.63) is 64.7 Å². The first-order chi connectivity index (χ1) is 11.4. The van der Waals surface area contributed by atoms with Crippen LogP contribution in [0.25, 0.3) is 0 Å². The van der Waals surface area contributed by atoms with Crippen LogP contribution in [0.5, 0.6) is 0 Å². The highest BCUT2D eigenvalue weighted by Gasteiger charge is 2.17. The molecule has 0 spiro atoms. The molecule has 2 rings (SSSR count). The van der Waals surface area contributed by atoms with E-state index in [0.29, 0.717) is 11.3 Å². The van der Waals surface area contributed by atoms with Crippen molar-refractivity contribution < 1.29 is 13.2 Å². The third kappa shape index (κ3) is 5.27. The van der Waals surface area contributed by atoms with E-state index in [4.69, 9.17) is 16.9 Å². The molecule has 5 nitrogen and oxygen atoms in total. The molecule has 0 aliphatic heterocycles. The smallest absolute Gasteiger partial charge is 0.264 e. The summed E-state index contributed by atoms with van der Waals surface area (Å²) in [5, 5.41) is 9.00. The summed E-state index contributed by atoms with van der Waals surface area (Å²) in [6.45, 7) is 0. The Hall–Kier alpha value is -2.01. The van der Waals surface area contributed by atoms with Crippen LogP contribution in [-0.4, -0.2) is 20.1 Å². The standard InChI is InChI=1S/C16H13ClN2O3S2/c17-14-2-1-3-15(8-14)24(21,22)19-16(20)11-23-10-13-6-4-12(9-18)5-7-13/h1-8H,10-11H2,(H,19,20). The van der Waals surface area contributed by atoms with E-state index in [1.165, 1.54) is 30.0 Å². The van der Waals surface area contributed by atoms with E-state index in [-0.39, 0.29) is 15.7 Å². The molecule has 0 bridgehead atoms. The molecule has 0 heterocycles. The van der Waals surface area contributed by atoms with Crippen LogP contribution in [0.2, 0.25) is 5.02 Å². The number of sulfonamides is 1. The molecule has 0 aliphatic carbocycles. The van der Waals surface area contributed by atoms with Gasteiger partial charge in [0.15, 0.2) is 0 Å². The van der Waals surface area contributed by atoms with Gasteiger partial charge in [-0.3, -0.25) is 4.79 Å². The van der Waals surface area contributed by atoms with Gasteiger partial charge in [-0.15, -0.1) is 11.8 Å². The first-order valence-corrected chi connectivity index (χ1v) is 9.80. The van der Waals surface area contributed by atoms with Crippen LogP contribution in [0.4, 0.5) is 0 Å². The fourth-order valence-electron chi connectivity index (χ4n) is 1.81. The third-order valence-corrected chi connectivity index (χ3v) is 5.55. The highest BCUT2D eigenvalue weighted by molar-refractivity contribution is 7.99. The van der Waals surface area contributed by atoms with Crippen molar-refractivity contribution in [2.45, 2.75) is 10.6 Å². The van der Waals surface area contributed by atoms with E-state index in [0.717, 1.165) is 5.56 Å². The van der Waals surface area contributed by atoms with E-state index in [9.17, 15) is 13.2 Å². The lowest BCUT2D eigenvalue weighted by Crippen LogP contribution is -2.31. The molecular formula is C16H13ClN2O3S2. The van der Waals surface area contributed by atoms with Gasteiger partial charge in [-0.25, -0.2) is 13.1 Å². The maximum absolute atomic E-state index is 12.1. The van der Waals surface area contributed by atoms with Gasteiger partial charge in [0.1, 0.15) is 0 Å². The third-order valence-electron chi connectivity index (χ3n) is 2.94. The predicted molar refractivity (Wildman–Crippen MR) is 94.1 cm³/mol. The van der Waals surface area contributed by atoms with E-state index < -0.39 is 15.9 Å². The van der Waals surface area contributed by atoms with E-state index in [1.54, 1.807) is 30.3 Å². The topological polar surface area (TPSA) is 87.0 Å². The second-order valence-electron chi connectivity index (χ2n) is 4.79. The molecule has 0 aliphatic rings. The van der Waals surface area contributed by atoms with Crippen LogP contribution >= 0.6 is 23.4 Å². The van der Waals surface area contributed by atoms with E-state index in [1.807, 2.05) is 10.8 Å². The maximum Gasteiger partial charge on any atom is 0.264 e. The summed E-state index contributed by atoms with van der Waals surface area (Å²) >= 11 is 7.04. The minimum Gasteiger partial charge on any atom is -0.273 e. The van der Waals surface area contributed by atoms with Crippen molar-refractivity contribution in [3.8, 4) is 6.07 Å². The summed E-state index contributed by atoms with van der Waals surface area (Å²) in [6.07, 6.45) is 0. The fraction of sp³-hybridized carbons (Fsp3) is 0.125. The zero-order valence-corrected chi connectivity index (χ0v) is 14.8. The van der Waals surface area contributed by atoms with Gasteiger partial charge in [0.2, 0.25) is 5.91 Å². The van der Waals surface area contributed by atoms with E-state index in [2.05, 4.69) is 0 Å². The van der Waals surface area contributed by atoms with Crippen LogP contribution in [0.15, 0.2) is 53.4 Å². The Balaban J connectivity index is 1.87. The summed E-state index contributed by atoms with van der Waals surface area (Å²) in [5.41, 5.74) is 1.51. The molecule has 0 saturated carbocycles. The Kier molecular flexibility index (Phi) is 6.26. The van der Waals surface area contributed by atoms with Crippen molar-refractivity contribution >= 4 is 39.3 Å². The lowest BCUT2D eigenvalue weighted by Gasteiger charge is -2.07. The molecule has 0 atom stereocenters. The molecule has 2 aromatic carbocycles. The number of thioether (sulfide) groups is 1. The number of halogens is 1. The van der Waals surface area contributed by atoms with Crippen LogP contribution < -0.4 is 4.72 Å². The van der Waals surface area contributed by atoms with Gasteiger partial charge < -0.3 is 0 Å². The highest BCUT2D eigenvalue weighted by Crippen LogP contribution is 2.16. The number of nitriles is 1. The summed E-state index contributed by atoms with van der Waals surface area (Å²) in [5.74, 6) is -0.0653. The van der Waals surface area contributed by atoms with Crippen LogP contribution in [-0.2, 0) is 20.6 Å². The van der Waals surface area contributed by atoms with E-state index >= 15 is 0 Å². The Bertz CT molecular complexity index is 875. The number of rotatable bonds is 6. The molecule has 124 valence electrons. The predicted octanol–water partition coefficient (Wildman–Crippen LogP) is 2.95. The quantitative estimate of drug-likeness (QED) is 0.832. The molecule has 0 unspecified atom stereocenters. The number of hydrogen-bond acceptors (Lipinski definition) is 5. The molecular weight excluding hydrogens is 368 g/mol. The first kappa shape index (κ1) is 18.3. The Morgan fingerprint density at radius 1 is 1.21 bits per heavy atom. The van der Waals surface area contributed by atoms with Crippen molar-refractivity contribution in [2.75, 3.05) is 5.75 Å². The van der Waals surface area contributed by atoms with Crippen LogP contribution in [0, 0.1) is 11.3 Å². The molecule has 1 amide bonds.